The minimum Gasteiger partial charge on any atom is -0.341 e. The summed E-state index contributed by atoms with van der Waals surface area (Å²) in [4.78, 5) is 22.2. The monoisotopic (exact) mass is 272 g/mol. The van der Waals surface area contributed by atoms with E-state index in [-0.39, 0.29) is 12.6 Å². The maximum atomic E-state index is 13.0. The van der Waals surface area contributed by atoms with Crippen LogP contribution in [-0.2, 0) is 4.79 Å². The number of hydrogen-bond donors (Lipinski definition) is 3. The van der Waals surface area contributed by atoms with Crippen molar-refractivity contribution in [3.05, 3.63) is 35.4 Å². The van der Waals surface area contributed by atoms with Crippen molar-refractivity contribution in [2.24, 2.45) is 0 Å². The number of hydrogen-bond acceptors (Lipinski definition) is 2. The highest BCUT2D eigenvalue weighted by molar-refractivity contribution is 5.94. The summed E-state index contributed by atoms with van der Waals surface area (Å²) in [5.74, 6) is -2.30. The number of nitrogens with two attached hydrogens (primary N) is 1. The van der Waals surface area contributed by atoms with Crippen LogP contribution >= 0.6 is 0 Å². The lowest BCUT2D eigenvalue weighted by Crippen LogP contribution is -2.87. The highest BCUT2D eigenvalue weighted by Crippen LogP contribution is 2.12. The largest absolute Gasteiger partial charge is 0.341 e. The van der Waals surface area contributed by atoms with E-state index >= 15 is 0 Å². The van der Waals surface area contributed by atoms with Crippen LogP contribution in [0.1, 0.15) is 18.5 Å². The molecule has 0 unspecified atom stereocenters. The van der Waals surface area contributed by atoms with E-state index in [0.29, 0.717) is 5.56 Å². The number of rotatable bonds is 4. The van der Waals surface area contributed by atoms with Crippen LogP contribution in [0.15, 0.2) is 18.2 Å². The van der Waals surface area contributed by atoms with Crippen LogP contribution < -0.4 is 16.0 Å². The quantitative estimate of drug-likeness (QED) is 0.724. The fourth-order valence-corrected chi connectivity index (χ4v) is 1.46. The van der Waals surface area contributed by atoms with Crippen molar-refractivity contribution in [1.82, 2.24) is 10.6 Å². The number of carbonyl (C=O) groups is 2. The number of benzene rings is 1. The molecule has 0 aliphatic heterocycles. The van der Waals surface area contributed by atoms with Crippen LogP contribution in [-0.4, -0.2) is 25.5 Å². The molecule has 104 valence electrons. The molecular weight excluding hydrogens is 256 g/mol. The number of carbonyl (C=O) groups excluding carboxylic acids is 2. The van der Waals surface area contributed by atoms with Gasteiger partial charge < -0.3 is 10.6 Å². The summed E-state index contributed by atoms with van der Waals surface area (Å²) in [5.41, 5.74) is 0.562. The molecule has 1 aromatic carbocycles. The standard InChI is InChI=1S/C12H15F2N3O2/c1-7(8-3-4-9(13)10(14)5-8)16-6-11(18)17-12(19)15-2/h3-5,7,16H,6H2,1-2H3,(H2,15,17,18,19)/p+1/t7-/m0/s1. The SMILES string of the molecule is CNC(=O)NC(=O)C[NH2+][C@@H](C)c1ccc(F)c(F)c1. The van der Waals surface area contributed by atoms with E-state index in [4.69, 9.17) is 0 Å². The third-order valence-electron chi connectivity index (χ3n) is 2.61. The molecule has 1 atom stereocenters. The Kier molecular flexibility index (Phi) is 5.37. The minimum absolute atomic E-state index is 0.00752. The van der Waals surface area contributed by atoms with Crippen molar-refractivity contribution >= 4 is 11.9 Å². The molecule has 0 radical (unpaired) electrons. The first-order valence-electron chi connectivity index (χ1n) is 5.74. The van der Waals surface area contributed by atoms with Gasteiger partial charge in [0, 0.05) is 12.6 Å². The number of nitrogens with one attached hydrogen (secondary N) is 2. The Balaban J connectivity index is 2.51. The van der Waals surface area contributed by atoms with Gasteiger partial charge in [-0.05, 0) is 25.1 Å². The third kappa shape index (κ3) is 4.63. The molecule has 0 aliphatic rings. The number of halogens is 2. The zero-order valence-corrected chi connectivity index (χ0v) is 10.7. The van der Waals surface area contributed by atoms with E-state index in [2.05, 4.69) is 10.6 Å². The summed E-state index contributed by atoms with van der Waals surface area (Å²) in [7, 11) is 1.40. The Morgan fingerprint density at radius 3 is 2.58 bits per heavy atom. The summed E-state index contributed by atoms with van der Waals surface area (Å²) in [6.07, 6.45) is 0. The summed E-state index contributed by atoms with van der Waals surface area (Å²) >= 11 is 0. The second kappa shape index (κ2) is 6.79. The highest BCUT2D eigenvalue weighted by Gasteiger charge is 2.14. The van der Waals surface area contributed by atoms with Gasteiger partial charge in [-0.3, -0.25) is 10.1 Å². The molecule has 0 saturated heterocycles. The first kappa shape index (κ1) is 15.0. The Morgan fingerprint density at radius 2 is 2.00 bits per heavy atom. The predicted molar refractivity (Wildman–Crippen MR) is 64.2 cm³/mol. The molecule has 4 N–H and O–H groups in total. The topological polar surface area (TPSA) is 74.8 Å². The van der Waals surface area contributed by atoms with Crippen molar-refractivity contribution in [2.45, 2.75) is 13.0 Å². The zero-order valence-electron chi connectivity index (χ0n) is 10.7. The average Bonchev–Trinajstić information content (AvgIpc) is 2.39. The molecular formula is C12H16F2N3O2+. The lowest BCUT2D eigenvalue weighted by Gasteiger charge is -2.11. The van der Waals surface area contributed by atoms with Crippen LogP contribution in [0.3, 0.4) is 0 Å². The van der Waals surface area contributed by atoms with E-state index in [1.807, 2.05) is 0 Å². The van der Waals surface area contributed by atoms with E-state index in [1.165, 1.54) is 13.1 Å². The number of quaternary nitrogens is 1. The number of urea groups is 1. The van der Waals surface area contributed by atoms with Gasteiger partial charge in [0.05, 0.1) is 0 Å². The number of imide groups is 1. The normalized spacial score (nSPS) is 11.8. The van der Waals surface area contributed by atoms with Gasteiger partial charge in [0.15, 0.2) is 18.2 Å². The van der Waals surface area contributed by atoms with Gasteiger partial charge in [-0.15, -0.1) is 0 Å². The molecule has 1 rings (SSSR count). The molecule has 0 saturated carbocycles. The van der Waals surface area contributed by atoms with E-state index in [0.717, 1.165) is 12.1 Å². The molecule has 1 aromatic rings. The molecule has 19 heavy (non-hydrogen) atoms. The molecule has 0 aliphatic carbocycles. The van der Waals surface area contributed by atoms with Gasteiger partial charge in [0.2, 0.25) is 0 Å². The lowest BCUT2D eigenvalue weighted by molar-refractivity contribution is -0.682. The zero-order chi connectivity index (χ0) is 14.4. The van der Waals surface area contributed by atoms with Crippen molar-refractivity contribution in [1.29, 1.82) is 0 Å². The van der Waals surface area contributed by atoms with Crippen LogP contribution in [0.25, 0.3) is 0 Å². The fraction of sp³-hybridized carbons (Fsp3) is 0.333. The molecule has 0 aromatic heterocycles. The van der Waals surface area contributed by atoms with E-state index in [1.54, 1.807) is 12.2 Å². The molecule has 0 heterocycles. The highest BCUT2D eigenvalue weighted by atomic mass is 19.2. The summed E-state index contributed by atoms with van der Waals surface area (Å²) in [5, 5.41) is 5.97. The van der Waals surface area contributed by atoms with Crippen molar-refractivity contribution in [3.8, 4) is 0 Å². The Bertz CT molecular complexity index is 480. The van der Waals surface area contributed by atoms with Crippen LogP contribution in [0.4, 0.5) is 13.6 Å². The van der Waals surface area contributed by atoms with Crippen LogP contribution in [0.5, 0.6) is 0 Å². The fourth-order valence-electron chi connectivity index (χ4n) is 1.46. The Labute approximate surface area is 109 Å². The Morgan fingerprint density at radius 1 is 1.32 bits per heavy atom. The van der Waals surface area contributed by atoms with Gasteiger partial charge in [-0.25, -0.2) is 13.6 Å². The Hall–Kier alpha value is -2.02. The second-order valence-corrected chi connectivity index (χ2v) is 4.03. The third-order valence-corrected chi connectivity index (χ3v) is 2.61. The lowest BCUT2D eigenvalue weighted by atomic mass is 10.1. The van der Waals surface area contributed by atoms with E-state index < -0.39 is 23.6 Å². The van der Waals surface area contributed by atoms with Crippen LogP contribution in [0, 0.1) is 11.6 Å². The smallest absolute Gasteiger partial charge is 0.321 e. The van der Waals surface area contributed by atoms with Gasteiger partial charge in [-0.2, -0.15) is 0 Å². The van der Waals surface area contributed by atoms with Crippen molar-refractivity contribution in [2.75, 3.05) is 13.6 Å². The predicted octanol–water partition coefficient (Wildman–Crippen LogP) is 0.0448. The maximum Gasteiger partial charge on any atom is 0.321 e. The van der Waals surface area contributed by atoms with Gasteiger partial charge in [0.1, 0.15) is 6.04 Å². The molecule has 0 bridgehead atoms. The average molecular weight is 272 g/mol. The van der Waals surface area contributed by atoms with E-state index in [9.17, 15) is 18.4 Å². The first-order chi connectivity index (χ1) is 8.93. The van der Waals surface area contributed by atoms with Gasteiger partial charge in [-0.1, -0.05) is 0 Å². The maximum absolute atomic E-state index is 13.0. The molecule has 3 amide bonds. The number of amides is 3. The van der Waals surface area contributed by atoms with Gasteiger partial charge in [0.25, 0.3) is 5.91 Å². The molecule has 0 fully saturated rings. The molecule has 7 heteroatoms. The van der Waals surface area contributed by atoms with Gasteiger partial charge >= 0.3 is 6.03 Å². The molecule has 5 nitrogen and oxygen atoms in total. The summed E-state index contributed by atoms with van der Waals surface area (Å²) < 4.78 is 25.8. The van der Waals surface area contributed by atoms with Crippen LogP contribution in [0.2, 0.25) is 0 Å². The first-order valence-corrected chi connectivity index (χ1v) is 5.74. The minimum atomic E-state index is -0.924. The molecule has 0 spiro atoms. The van der Waals surface area contributed by atoms with Crippen molar-refractivity contribution < 1.29 is 23.7 Å². The van der Waals surface area contributed by atoms with Crippen molar-refractivity contribution in [3.63, 3.8) is 0 Å². The summed E-state index contributed by atoms with van der Waals surface area (Å²) in [6, 6.07) is 2.77. The summed E-state index contributed by atoms with van der Waals surface area (Å²) in [6.45, 7) is 1.76. The second-order valence-electron chi connectivity index (χ2n) is 4.03.